The Bertz CT molecular complexity index is 418. The molecule has 0 heterocycles. The Balaban J connectivity index is 2.21. The molecule has 1 aliphatic rings. The van der Waals surface area contributed by atoms with Gasteiger partial charge in [-0.15, -0.1) is 0 Å². The van der Waals surface area contributed by atoms with Gasteiger partial charge in [0.1, 0.15) is 0 Å². The summed E-state index contributed by atoms with van der Waals surface area (Å²) < 4.78 is 0. The van der Waals surface area contributed by atoms with Gasteiger partial charge in [-0.2, -0.15) is 0 Å². The lowest BCUT2D eigenvalue weighted by molar-refractivity contribution is -0.132. The van der Waals surface area contributed by atoms with Crippen molar-refractivity contribution in [2.75, 3.05) is 6.54 Å². The number of nitrogens with zero attached hydrogens (tertiary/aromatic N) is 1. The predicted octanol–water partition coefficient (Wildman–Crippen LogP) is 2.35. The first kappa shape index (κ1) is 12.4. The van der Waals surface area contributed by atoms with Crippen molar-refractivity contribution in [3.63, 3.8) is 0 Å². The maximum Gasteiger partial charge on any atom is 0.237 e. The normalized spacial score (nSPS) is 16.6. The van der Waals surface area contributed by atoms with Crippen LogP contribution in [0.15, 0.2) is 24.3 Å². The van der Waals surface area contributed by atoms with E-state index in [1.54, 1.807) is 0 Å². The highest BCUT2D eigenvalue weighted by Crippen LogP contribution is 2.34. The molecule has 1 amide bonds. The van der Waals surface area contributed by atoms with E-state index in [1.165, 1.54) is 0 Å². The van der Waals surface area contributed by atoms with Crippen molar-refractivity contribution in [1.82, 2.24) is 4.90 Å². The molecular weight excluding hydrogens is 236 g/mol. The van der Waals surface area contributed by atoms with Crippen molar-refractivity contribution < 1.29 is 4.79 Å². The second-order valence-corrected chi connectivity index (χ2v) is 4.90. The number of amides is 1. The second-order valence-electron chi connectivity index (χ2n) is 4.47. The number of benzene rings is 1. The SMILES string of the molecule is CC(c1cccc(Cl)c1)N(C(=O)CN)C1CC1. The summed E-state index contributed by atoms with van der Waals surface area (Å²) >= 11 is 5.97. The van der Waals surface area contributed by atoms with Crippen LogP contribution in [0.25, 0.3) is 0 Å². The van der Waals surface area contributed by atoms with E-state index in [0.717, 1.165) is 18.4 Å². The highest BCUT2D eigenvalue weighted by molar-refractivity contribution is 6.30. The monoisotopic (exact) mass is 252 g/mol. The van der Waals surface area contributed by atoms with E-state index >= 15 is 0 Å². The Morgan fingerprint density at radius 1 is 1.59 bits per heavy atom. The van der Waals surface area contributed by atoms with Crippen LogP contribution in [-0.2, 0) is 4.79 Å². The summed E-state index contributed by atoms with van der Waals surface area (Å²) in [6.07, 6.45) is 2.16. The van der Waals surface area contributed by atoms with Gasteiger partial charge < -0.3 is 10.6 Å². The van der Waals surface area contributed by atoms with Gasteiger partial charge in [0.05, 0.1) is 12.6 Å². The zero-order valence-electron chi connectivity index (χ0n) is 9.90. The molecule has 1 unspecified atom stereocenters. The van der Waals surface area contributed by atoms with Crippen molar-refractivity contribution in [1.29, 1.82) is 0 Å². The zero-order valence-corrected chi connectivity index (χ0v) is 10.7. The highest BCUT2D eigenvalue weighted by Gasteiger charge is 2.35. The first-order valence-electron chi connectivity index (χ1n) is 5.90. The topological polar surface area (TPSA) is 46.3 Å². The number of carbonyl (C=O) groups excluding carboxylic acids is 1. The van der Waals surface area contributed by atoms with Crippen molar-refractivity contribution in [2.24, 2.45) is 5.73 Å². The van der Waals surface area contributed by atoms with Gasteiger partial charge in [0.25, 0.3) is 0 Å². The molecule has 17 heavy (non-hydrogen) atoms. The molecule has 0 bridgehead atoms. The average Bonchev–Trinajstić information content (AvgIpc) is 3.13. The van der Waals surface area contributed by atoms with Crippen LogP contribution in [0, 0.1) is 0 Å². The molecule has 4 heteroatoms. The smallest absolute Gasteiger partial charge is 0.237 e. The molecule has 0 spiro atoms. The summed E-state index contributed by atoms with van der Waals surface area (Å²) in [7, 11) is 0. The molecule has 1 saturated carbocycles. The summed E-state index contributed by atoms with van der Waals surface area (Å²) in [4.78, 5) is 13.8. The molecule has 92 valence electrons. The van der Waals surface area contributed by atoms with Gasteiger partial charge in [-0.05, 0) is 37.5 Å². The minimum Gasteiger partial charge on any atom is -0.332 e. The van der Waals surface area contributed by atoms with Crippen LogP contribution in [0.3, 0.4) is 0 Å². The standard InChI is InChI=1S/C13H17ClN2O/c1-9(10-3-2-4-11(14)7-10)16(12-5-6-12)13(17)8-15/h2-4,7,9,12H,5-6,8,15H2,1H3. The van der Waals surface area contributed by atoms with E-state index in [4.69, 9.17) is 17.3 Å². The fourth-order valence-corrected chi connectivity index (χ4v) is 2.32. The number of hydrogen-bond acceptors (Lipinski definition) is 2. The maximum absolute atomic E-state index is 11.9. The van der Waals surface area contributed by atoms with Crippen LogP contribution < -0.4 is 5.73 Å². The molecule has 2 rings (SSSR count). The Labute approximate surface area is 107 Å². The Morgan fingerprint density at radius 2 is 2.29 bits per heavy atom. The Hall–Kier alpha value is -1.06. The molecule has 0 aromatic heterocycles. The summed E-state index contributed by atoms with van der Waals surface area (Å²) in [5.74, 6) is 0.0139. The third kappa shape index (κ3) is 2.79. The average molecular weight is 253 g/mol. The number of nitrogens with two attached hydrogens (primary N) is 1. The predicted molar refractivity (Wildman–Crippen MR) is 68.8 cm³/mol. The Kier molecular flexibility index (Phi) is 3.69. The number of carbonyl (C=O) groups is 1. The fourth-order valence-electron chi connectivity index (χ4n) is 2.12. The minimum absolute atomic E-state index is 0.0139. The first-order valence-corrected chi connectivity index (χ1v) is 6.28. The van der Waals surface area contributed by atoms with Crippen LogP contribution in [0.5, 0.6) is 0 Å². The lowest BCUT2D eigenvalue weighted by atomic mass is 10.1. The van der Waals surface area contributed by atoms with E-state index < -0.39 is 0 Å². The van der Waals surface area contributed by atoms with Gasteiger partial charge in [0.15, 0.2) is 0 Å². The molecule has 1 aromatic rings. The van der Waals surface area contributed by atoms with Crippen LogP contribution in [0.1, 0.15) is 31.4 Å². The Morgan fingerprint density at radius 3 is 2.82 bits per heavy atom. The van der Waals surface area contributed by atoms with Crippen LogP contribution in [-0.4, -0.2) is 23.4 Å². The van der Waals surface area contributed by atoms with Gasteiger partial charge in [-0.1, -0.05) is 23.7 Å². The van der Waals surface area contributed by atoms with Gasteiger partial charge in [0, 0.05) is 11.1 Å². The quantitative estimate of drug-likeness (QED) is 0.894. The van der Waals surface area contributed by atoms with Crippen molar-refractivity contribution in [2.45, 2.75) is 31.8 Å². The van der Waals surface area contributed by atoms with E-state index in [9.17, 15) is 4.79 Å². The van der Waals surface area contributed by atoms with Crippen LogP contribution >= 0.6 is 11.6 Å². The number of hydrogen-bond donors (Lipinski definition) is 1. The first-order chi connectivity index (χ1) is 8.13. The third-order valence-corrected chi connectivity index (χ3v) is 3.39. The number of halogens is 1. The molecule has 0 radical (unpaired) electrons. The van der Waals surface area contributed by atoms with Crippen molar-refractivity contribution >= 4 is 17.5 Å². The molecule has 0 aliphatic heterocycles. The third-order valence-electron chi connectivity index (χ3n) is 3.15. The summed E-state index contributed by atoms with van der Waals surface area (Å²) in [5.41, 5.74) is 6.53. The van der Waals surface area contributed by atoms with Crippen LogP contribution in [0.4, 0.5) is 0 Å². The summed E-state index contributed by atoms with van der Waals surface area (Å²) in [5, 5.41) is 0.699. The lowest BCUT2D eigenvalue weighted by Gasteiger charge is -2.29. The number of rotatable bonds is 4. The molecule has 2 N–H and O–H groups in total. The molecule has 0 saturated heterocycles. The van der Waals surface area contributed by atoms with E-state index in [0.29, 0.717) is 11.1 Å². The van der Waals surface area contributed by atoms with Gasteiger partial charge >= 0.3 is 0 Å². The molecule has 1 aromatic carbocycles. The minimum atomic E-state index is 0.0139. The van der Waals surface area contributed by atoms with Crippen LogP contribution in [0.2, 0.25) is 5.02 Å². The van der Waals surface area contributed by atoms with E-state index in [1.807, 2.05) is 36.1 Å². The zero-order chi connectivity index (χ0) is 12.4. The molecule has 1 atom stereocenters. The second kappa shape index (κ2) is 5.07. The van der Waals surface area contributed by atoms with E-state index in [2.05, 4.69) is 0 Å². The summed E-state index contributed by atoms with van der Waals surface area (Å²) in [6, 6.07) is 8.05. The highest BCUT2D eigenvalue weighted by atomic mass is 35.5. The molecule has 3 nitrogen and oxygen atoms in total. The lowest BCUT2D eigenvalue weighted by Crippen LogP contribution is -2.39. The van der Waals surface area contributed by atoms with Crippen molar-refractivity contribution in [3.05, 3.63) is 34.9 Å². The van der Waals surface area contributed by atoms with Crippen molar-refractivity contribution in [3.8, 4) is 0 Å². The van der Waals surface area contributed by atoms with Gasteiger partial charge in [0.2, 0.25) is 5.91 Å². The van der Waals surface area contributed by atoms with Gasteiger partial charge in [-0.25, -0.2) is 0 Å². The maximum atomic E-state index is 11.9. The van der Waals surface area contributed by atoms with Gasteiger partial charge in [-0.3, -0.25) is 4.79 Å². The molecule has 1 aliphatic carbocycles. The molecule has 1 fully saturated rings. The summed E-state index contributed by atoms with van der Waals surface area (Å²) in [6.45, 7) is 2.10. The fraction of sp³-hybridized carbons (Fsp3) is 0.462. The van der Waals surface area contributed by atoms with E-state index in [-0.39, 0.29) is 18.5 Å². The molecular formula is C13H17ClN2O. The largest absolute Gasteiger partial charge is 0.332 e.